The number of halogens is 1. The van der Waals surface area contributed by atoms with E-state index in [1.54, 1.807) is 0 Å². The molecule has 0 bridgehead atoms. The van der Waals surface area contributed by atoms with Crippen molar-refractivity contribution in [2.75, 3.05) is 5.32 Å². The average Bonchev–Trinajstić information content (AvgIpc) is 2.32. The maximum atomic E-state index is 3.48. The molecule has 2 rings (SSSR count). The predicted octanol–water partition coefficient (Wildman–Crippen LogP) is 4.83. The fourth-order valence-electron chi connectivity index (χ4n) is 1.94. The highest BCUT2D eigenvalue weighted by atomic mass is 127. The van der Waals surface area contributed by atoms with Crippen molar-refractivity contribution in [3.63, 3.8) is 0 Å². The molecule has 0 saturated heterocycles. The molecule has 94 valence electrons. The summed E-state index contributed by atoms with van der Waals surface area (Å²) in [7, 11) is 0. The number of aryl methyl sites for hydroxylation is 3. The molecule has 0 spiro atoms. The molecule has 1 nitrogen and oxygen atoms in total. The molecule has 0 radical (unpaired) electrons. The van der Waals surface area contributed by atoms with Crippen LogP contribution in [0, 0.1) is 24.3 Å². The van der Waals surface area contributed by atoms with E-state index in [1.165, 1.54) is 31.5 Å². The van der Waals surface area contributed by atoms with Crippen LogP contribution in [0.25, 0.3) is 0 Å². The third-order valence-electron chi connectivity index (χ3n) is 3.15. The van der Waals surface area contributed by atoms with Crippen LogP contribution in [0.15, 0.2) is 36.4 Å². The monoisotopic (exact) mass is 351 g/mol. The quantitative estimate of drug-likeness (QED) is 0.781. The zero-order valence-corrected chi connectivity index (χ0v) is 13.2. The van der Waals surface area contributed by atoms with Gasteiger partial charge >= 0.3 is 0 Å². The van der Waals surface area contributed by atoms with Gasteiger partial charge in [0.25, 0.3) is 0 Å². The van der Waals surface area contributed by atoms with Gasteiger partial charge in [0.05, 0.1) is 0 Å². The summed E-state index contributed by atoms with van der Waals surface area (Å²) >= 11 is 2.38. The summed E-state index contributed by atoms with van der Waals surface area (Å²) in [5.74, 6) is 0. The first kappa shape index (κ1) is 13.4. The molecule has 0 fully saturated rings. The van der Waals surface area contributed by atoms with E-state index in [-0.39, 0.29) is 0 Å². The first-order chi connectivity index (χ1) is 8.56. The van der Waals surface area contributed by atoms with Crippen LogP contribution in [0.5, 0.6) is 0 Å². The van der Waals surface area contributed by atoms with Gasteiger partial charge in [-0.25, -0.2) is 0 Å². The third kappa shape index (κ3) is 3.25. The summed E-state index contributed by atoms with van der Waals surface area (Å²) < 4.78 is 1.30. The van der Waals surface area contributed by atoms with Crippen LogP contribution in [0.4, 0.5) is 5.69 Å². The van der Waals surface area contributed by atoms with Gasteiger partial charge in [-0.15, -0.1) is 0 Å². The molecule has 0 heterocycles. The Labute approximate surface area is 123 Å². The van der Waals surface area contributed by atoms with Gasteiger partial charge in [-0.05, 0) is 72.2 Å². The third-order valence-corrected chi connectivity index (χ3v) is 4.32. The summed E-state index contributed by atoms with van der Waals surface area (Å²) in [6.45, 7) is 7.32. The summed E-state index contributed by atoms with van der Waals surface area (Å²) in [4.78, 5) is 0. The zero-order chi connectivity index (χ0) is 13.1. The minimum absolute atomic E-state index is 0.880. The van der Waals surface area contributed by atoms with E-state index in [1.807, 2.05) is 0 Å². The van der Waals surface area contributed by atoms with Gasteiger partial charge in [-0.1, -0.05) is 29.8 Å². The van der Waals surface area contributed by atoms with E-state index in [2.05, 4.69) is 85.1 Å². The first-order valence-corrected chi connectivity index (χ1v) is 7.20. The number of anilines is 1. The predicted molar refractivity (Wildman–Crippen MR) is 87.1 cm³/mol. The number of benzene rings is 2. The molecule has 0 aliphatic heterocycles. The van der Waals surface area contributed by atoms with E-state index >= 15 is 0 Å². The Bertz CT molecular complexity index is 561. The second-order valence-electron chi connectivity index (χ2n) is 4.75. The number of nitrogens with one attached hydrogen (secondary N) is 1. The van der Waals surface area contributed by atoms with E-state index in [9.17, 15) is 0 Å². The average molecular weight is 351 g/mol. The molecule has 0 aliphatic rings. The Hall–Kier alpha value is -1.03. The molecule has 2 aromatic rings. The van der Waals surface area contributed by atoms with Gasteiger partial charge < -0.3 is 5.32 Å². The van der Waals surface area contributed by atoms with Crippen molar-refractivity contribution in [2.45, 2.75) is 27.3 Å². The number of hydrogen-bond donors (Lipinski definition) is 1. The lowest BCUT2D eigenvalue weighted by Gasteiger charge is -2.11. The lowest BCUT2D eigenvalue weighted by Crippen LogP contribution is -2.02. The van der Waals surface area contributed by atoms with Crippen LogP contribution in [0.2, 0.25) is 0 Å². The molecular weight excluding hydrogens is 333 g/mol. The Morgan fingerprint density at radius 3 is 2.39 bits per heavy atom. The van der Waals surface area contributed by atoms with E-state index in [0.29, 0.717) is 0 Å². The highest BCUT2D eigenvalue weighted by molar-refractivity contribution is 14.1. The highest BCUT2D eigenvalue weighted by Crippen LogP contribution is 2.18. The molecule has 18 heavy (non-hydrogen) atoms. The van der Waals surface area contributed by atoms with Gasteiger partial charge in [0, 0.05) is 15.8 Å². The molecule has 0 amide bonds. The maximum Gasteiger partial charge on any atom is 0.0403 e. The lowest BCUT2D eigenvalue weighted by atomic mass is 10.1. The molecular formula is C16H18IN. The van der Waals surface area contributed by atoms with Gasteiger partial charge in [0.15, 0.2) is 0 Å². The minimum Gasteiger partial charge on any atom is -0.381 e. The summed E-state index contributed by atoms with van der Waals surface area (Å²) in [6, 6.07) is 13.1. The number of hydrogen-bond acceptors (Lipinski definition) is 1. The van der Waals surface area contributed by atoms with Crippen molar-refractivity contribution in [2.24, 2.45) is 0 Å². The van der Waals surface area contributed by atoms with Crippen LogP contribution in [0.3, 0.4) is 0 Å². The smallest absolute Gasteiger partial charge is 0.0403 e. The van der Waals surface area contributed by atoms with Crippen LogP contribution in [-0.2, 0) is 6.54 Å². The first-order valence-electron chi connectivity index (χ1n) is 6.12. The number of rotatable bonds is 3. The van der Waals surface area contributed by atoms with Crippen molar-refractivity contribution < 1.29 is 0 Å². The molecule has 2 aromatic carbocycles. The van der Waals surface area contributed by atoms with E-state index in [0.717, 1.165) is 6.54 Å². The van der Waals surface area contributed by atoms with Crippen molar-refractivity contribution in [1.82, 2.24) is 0 Å². The van der Waals surface area contributed by atoms with Crippen LogP contribution in [0.1, 0.15) is 22.3 Å². The van der Waals surface area contributed by atoms with Gasteiger partial charge in [0.1, 0.15) is 0 Å². The van der Waals surface area contributed by atoms with E-state index in [4.69, 9.17) is 0 Å². The largest absolute Gasteiger partial charge is 0.381 e. The van der Waals surface area contributed by atoms with Crippen LogP contribution >= 0.6 is 22.6 Å². The molecule has 2 heteroatoms. The Kier molecular flexibility index (Phi) is 4.27. The SMILES string of the molecule is Cc1ccc(CNc2ccc(C)c(I)c2)c(C)c1. The van der Waals surface area contributed by atoms with Crippen molar-refractivity contribution >= 4 is 28.3 Å². The normalized spacial score (nSPS) is 10.4. The van der Waals surface area contributed by atoms with Gasteiger partial charge in [-0.3, -0.25) is 0 Å². The second-order valence-corrected chi connectivity index (χ2v) is 5.91. The van der Waals surface area contributed by atoms with Gasteiger partial charge in [-0.2, -0.15) is 0 Å². The fraction of sp³-hybridized carbons (Fsp3) is 0.250. The lowest BCUT2D eigenvalue weighted by molar-refractivity contribution is 1.11. The molecule has 0 unspecified atom stereocenters. The molecule has 0 aromatic heterocycles. The second kappa shape index (κ2) is 5.74. The van der Waals surface area contributed by atoms with Crippen LogP contribution < -0.4 is 5.32 Å². The minimum atomic E-state index is 0.880. The van der Waals surface area contributed by atoms with Crippen molar-refractivity contribution in [3.8, 4) is 0 Å². The standard InChI is InChI=1S/C16H18IN/c1-11-4-6-14(13(3)8-11)10-18-15-7-5-12(2)16(17)9-15/h4-9,18H,10H2,1-3H3. The van der Waals surface area contributed by atoms with Gasteiger partial charge in [0.2, 0.25) is 0 Å². The molecule has 0 atom stereocenters. The summed E-state index contributed by atoms with van der Waals surface area (Å²) in [5.41, 5.74) is 6.54. The molecule has 0 aliphatic carbocycles. The topological polar surface area (TPSA) is 12.0 Å². The maximum absolute atomic E-state index is 3.48. The van der Waals surface area contributed by atoms with Crippen molar-refractivity contribution in [1.29, 1.82) is 0 Å². The zero-order valence-electron chi connectivity index (χ0n) is 11.0. The Morgan fingerprint density at radius 1 is 0.944 bits per heavy atom. The van der Waals surface area contributed by atoms with E-state index < -0.39 is 0 Å². The fourth-order valence-corrected chi connectivity index (χ4v) is 2.46. The summed E-state index contributed by atoms with van der Waals surface area (Å²) in [6.07, 6.45) is 0. The molecule has 0 saturated carbocycles. The van der Waals surface area contributed by atoms with Crippen LogP contribution in [-0.4, -0.2) is 0 Å². The summed E-state index contributed by atoms with van der Waals surface area (Å²) in [5, 5.41) is 3.48. The highest BCUT2D eigenvalue weighted by Gasteiger charge is 2.00. The molecule has 1 N–H and O–H groups in total. The van der Waals surface area contributed by atoms with Crippen molar-refractivity contribution in [3.05, 3.63) is 62.2 Å². The Balaban J connectivity index is 2.09. The Morgan fingerprint density at radius 2 is 1.72 bits per heavy atom.